The highest BCUT2D eigenvalue weighted by molar-refractivity contribution is 5.94. The van der Waals surface area contributed by atoms with Crippen molar-refractivity contribution >= 4 is 17.7 Å². The molecular weight excluding hydrogens is 434 g/mol. The van der Waals surface area contributed by atoms with Gasteiger partial charge in [0.25, 0.3) is 5.91 Å². The number of amides is 1. The Kier molecular flexibility index (Phi) is 7.05. The van der Waals surface area contributed by atoms with E-state index in [1.807, 2.05) is 18.3 Å². The number of hydrogen-bond acceptors (Lipinski definition) is 3. The average molecular weight is 470 g/mol. The van der Waals surface area contributed by atoms with Crippen LogP contribution in [0.15, 0.2) is 54.7 Å². The molecule has 1 amide bonds. The maximum absolute atomic E-state index is 13.2. The molecule has 0 saturated carbocycles. The minimum absolute atomic E-state index is 0.0306. The van der Waals surface area contributed by atoms with Gasteiger partial charge in [0.05, 0.1) is 18.0 Å². The summed E-state index contributed by atoms with van der Waals surface area (Å²) in [4.78, 5) is 13.2. The third-order valence-corrected chi connectivity index (χ3v) is 7.19. The Morgan fingerprint density at radius 2 is 1.91 bits per heavy atom. The lowest BCUT2D eigenvalue weighted by molar-refractivity contribution is 0.0950. The largest absolute Gasteiger partial charge is 0.499 e. The van der Waals surface area contributed by atoms with E-state index in [9.17, 15) is 4.79 Å². The van der Waals surface area contributed by atoms with Crippen molar-refractivity contribution < 1.29 is 9.53 Å². The normalized spacial score (nSPS) is 14.9. The predicted octanol–water partition coefficient (Wildman–Crippen LogP) is 3.20. The number of aromatic nitrogens is 1. The van der Waals surface area contributed by atoms with Gasteiger partial charge in [-0.05, 0) is 55.8 Å². The van der Waals surface area contributed by atoms with Crippen LogP contribution in [-0.4, -0.2) is 30.2 Å². The molecule has 5 nitrogen and oxygen atoms in total. The minimum atomic E-state index is -0.0306. The molecule has 0 radical (unpaired) electrons. The smallest absolute Gasteiger partial charge is 0.253 e. The molecule has 2 aliphatic rings. The van der Waals surface area contributed by atoms with Gasteiger partial charge in [-0.15, -0.1) is 0 Å². The van der Waals surface area contributed by atoms with Crippen molar-refractivity contribution in [2.75, 3.05) is 13.7 Å². The average Bonchev–Trinajstić information content (AvgIpc) is 3.46. The van der Waals surface area contributed by atoms with Crippen molar-refractivity contribution in [1.29, 1.82) is 0 Å². The Morgan fingerprint density at radius 3 is 2.66 bits per heavy atom. The van der Waals surface area contributed by atoms with Gasteiger partial charge >= 0.3 is 0 Å². The number of carbonyl (C=O) groups excluding carboxylic acids is 1. The Balaban J connectivity index is 1.26. The number of aryl methyl sites for hydroxylation is 2. The van der Waals surface area contributed by atoms with E-state index in [0.717, 1.165) is 72.6 Å². The molecule has 182 valence electrons. The summed E-state index contributed by atoms with van der Waals surface area (Å²) in [6, 6.07) is 17.5. The van der Waals surface area contributed by atoms with Crippen molar-refractivity contribution in [1.82, 2.24) is 15.2 Å². The topological polar surface area (TPSA) is 55.3 Å². The molecule has 0 bridgehead atoms. The fourth-order valence-corrected chi connectivity index (χ4v) is 5.47. The summed E-state index contributed by atoms with van der Waals surface area (Å²) in [7, 11) is 1.73. The van der Waals surface area contributed by atoms with E-state index < -0.39 is 0 Å². The van der Waals surface area contributed by atoms with Gasteiger partial charge in [0, 0.05) is 37.0 Å². The molecule has 35 heavy (non-hydrogen) atoms. The lowest BCUT2D eigenvalue weighted by atomic mass is 10.1. The molecular formula is C30H35N3O2. The van der Waals surface area contributed by atoms with Crippen molar-refractivity contribution in [3.8, 4) is 0 Å². The highest BCUT2D eigenvalue weighted by atomic mass is 16.5. The number of rotatable bonds is 9. The first-order valence-electron chi connectivity index (χ1n) is 12.7. The van der Waals surface area contributed by atoms with E-state index in [1.54, 1.807) is 7.11 Å². The zero-order valence-electron chi connectivity index (χ0n) is 20.8. The second-order valence-corrected chi connectivity index (χ2v) is 9.72. The number of fused-ring (bicyclic) bond motifs is 2. The van der Waals surface area contributed by atoms with Crippen molar-refractivity contribution in [3.63, 3.8) is 0 Å². The van der Waals surface area contributed by atoms with E-state index in [1.165, 1.54) is 16.7 Å². The molecule has 0 atom stereocenters. The molecule has 1 heterocycles. The number of nitrogens with zero attached hydrogens (tertiary/aromatic N) is 1. The van der Waals surface area contributed by atoms with E-state index in [2.05, 4.69) is 64.6 Å². The Hall–Kier alpha value is -3.31. The summed E-state index contributed by atoms with van der Waals surface area (Å²) >= 11 is 0. The lowest BCUT2D eigenvalue weighted by Gasteiger charge is -2.13. The van der Waals surface area contributed by atoms with Crippen LogP contribution in [0.4, 0.5) is 0 Å². The van der Waals surface area contributed by atoms with Crippen LogP contribution < -0.4 is 21.2 Å². The molecule has 5 heteroatoms. The molecule has 1 aromatic heterocycles. The van der Waals surface area contributed by atoms with Gasteiger partial charge in [-0.2, -0.15) is 0 Å². The summed E-state index contributed by atoms with van der Waals surface area (Å²) in [5.74, 6) is 0.941. The van der Waals surface area contributed by atoms with Crippen LogP contribution >= 0.6 is 0 Å². The third kappa shape index (κ3) is 5.20. The van der Waals surface area contributed by atoms with Crippen LogP contribution in [0.1, 0.15) is 51.9 Å². The van der Waals surface area contributed by atoms with Gasteiger partial charge in [0.15, 0.2) is 0 Å². The van der Waals surface area contributed by atoms with E-state index in [4.69, 9.17) is 4.74 Å². The summed E-state index contributed by atoms with van der Waals surface area (Å²) in [5.41, 5.74) is 5.99. The first-order chi connectivity index (χ1) is 17.1. The van der Waals surface area contributed by atoms with Crippen molar-refractivity contribution in [2.45, 2.75) is 58.2 Å². The fourth-order valence-electron chi connectivity index (χ4n) is 5.47. The van der Waals surface area contributed by atoms with Crippen LogP contribution in [-0.2, 0) is 30.7 Å². The second kappa shape index (κ2) is 10.5. The molecule has 3 aromatic rings. The fraction of sp³-hybridized carbons (Fsp3) is 0.367. The number of ether oxygens (including phenoxy) is 1. The summed E-state index contributed by atoms with van der Waals surface area (Å²) < 4.78 is 7.96. The summed E-state index contributed by atoms with van der Waals surface area (Å²) in [6.45, 7) is 4.39. The molecule has 2 aliphatic carbocycles. The molecule has 0 fully saturated rings. The molecule has 0 unspecified atom stereocenters. The van der Waals surface area contributed by atoms with E-state index >= 15 is 0 Å². The molecule has 0 aliphatic heterocycles. The second-order valence-electron chi connectivity index (χ2n) is 9.72. The van der Waals surface area contributed by atoms with Gasteiger partial charge in [-0.3, -0.25) is 4.79 Å². The zero-order chi connectivity index (χ0) is 24.2. The maximum Gasteiger partial charge on any atom is 0.253 e. The number of hydrogen-bond donors (Lipinski definition) is 2. The molecule has 5 rings (SSSR count). The van der Waals surface area contributed by atoms with Crippen LogP contribution in [0.5, 0.6) is 0 Å². The predicted molar refractivity (Wildman–Crippen MR) is 140 cm³/mol. The van der Waals surface area contributed by atoms with Crippen LogP contribution in [0.2, 0.25) is 0 Å². The lowest BCUT2D eigenvalue weighted by Crippen LogP contribution is -2.38. The quantitative estimate of drug-likeness (QED) is 0.473. The Morgan fingerprint density at radius 1 is 1.11 bits per heavy atom. The van der Waals surface area contributed by atoms with Crippen LogP contribution in [0.25, 0.3) is 11.8 Å². The van der Waals surface area contributed by atoms with Gasteiger partial charge in [0.2, 0.25) is 0 Å². The number of nitrogens with one attached hydrogen (secondary N) is 2. The molecule has 2 N–H and O–H groups in total. The highest BCUT2D eigenvalue weighted by Crippen LogP contribution is 2.21. The first-order valence-corrected chi connectivity index (χ1v) is 12.7. The molecule has 0 spiro atoms. The SMILES string of the molecule is COC1=c2c(c(C(=O)NCc3cccc(C)c3)cn2CCCNC2Cc3ccccc3C2)=CCC1. The van der Waals surface area contributed by atoms with Gasteiger partial charge in [0.1, 0.15) is 5.76 Å². The Labute approximate surface area is 207 Å². The van der Waals surface area contributed by atoms with E-state index in [-0.39, 0.29) is 5.91 Å². The number of methoxy groups -OCH3 is 1. The minimum Gasteiger partial charge on any atom is -0.499 e. The van der Waals surface area contributed by atoms with Crippen molar-refractivity contribution in [2.24, 2.45) is 0 Å². The third-order valence-electron chi connectivity index (χ3n) is 7.19. The maximum atomic E-state index is 13.2. The first kappa shape index (κ1) is 23.4. The van der Waals surface area contributed by atoms with Gasteiger partial charge in [-0.1, -0.05) is 60.2 Å². The Bertz CT molecular complexity index is 1310. The monoisotopic (exact) mass is 469 g/mol. The van der Waals surface area contributed by atoms with Gasteiger partial charge in [-0.25, -0.2) is 0 Å². The zero-order valence-corrected chi connectivity index (χ0v) is 20.8. The summed E-state index contributed by atoms with van der Waals surface area (Å²) in [5, 5.41) is 8.93. The standard InChI is InChI=1S/C30H35N3O2/c1-21-8-5-9-22(16-21)19-32-30(34)27-20-33(29-26(27)12-6-13-28(29)35-2)15-7-14-31-25-17-23-10-3-4-11-24(23)18-25/h3-5,8-12,16,20,25,31H,6-7,13-15,17-19H2,1-2H3,(H,32,34). The summed E-state index contributed by atoms with van der Waals surface area (Å²) in [6.07, 6.45) is 9.17. The van der Waals surface area contributed by atoms with Crippen LogP contribution in [0.3, 0.4) is 0 Å². The number of benzene rings is 2. The van der Waals surface area contributed by atoms with Gasteiger partial charge < -0.3 is 19.9 Å². The molecule has 0 saturated heterocycles. The van der Waals surface area contributed by atoms with E-state index in [0.29, 0.717) is 12.6 Å². The van der Waals surface area contributed by atoms with Crippen molar-refractivity contribution in [3.05, 3.63) is 93.1 Å². The molecule has 2 aromatic carbocycles. The van der Waals surface area contributed by atoms with Crippen LogP contribution in [0, 0.1) is 6.92 Å². The highest BCUT2D eigenvalue weighted by Gasteiger charge is 2.21. The number of carbonyl (C=O) groups is 1.